The van der Waals surface area contributed by atoms with E-state index in [1.165, 1.54) is 5.56 Å². The fourth-order valence-corrected chi connectivity index (χ4v) is 2.55. The van der Waals surface area contributed by atoms with Crippen LogP contribution in [0.4, 0.5) is 5.95 Å². The van der Waals surface area contributed by atoms with Gasteiger partial charge in [-0.25, -0.2) is 4.98 Å². The van der Waals surface area contributed by atoms with E-state index in [0.29, 0.717) is 12.4 Å². The minimum Gasteiger partial charge on any atom is -0.310 e. The van der Waals surface area contributed by atoms with E-state index in [1.54, 1.807) is 0 Å². The molecule has 0 bridgehead atoms. The molecule has 0 unspecified atom stereocenters. The van der Waals surface area contributed by atoms with Gasteiger partial charge in [0.25, 0.3) is 0 Å². The highest BCUT2D eigenvalue weighted by Gasteiger charge is 2.12. The third-order valence-electron chi connectivity index (χ3n) is 3.71. The topological polar surface area (TPSA) is 46.9 Å². The average Bonchev–Trinajstić information content (AvgIpc) is 2.86. The normalized spacial score (nSPS) is 10.8. The van der Waals surface area contributed by atoms with Crippen LogP contribution in [0.25, 0.3) is 11.0 Å². The molecule has 0 radical (unpaired) electrons. The minimum absolute atomic E-state index is 0.0474. The first-order chi connectivity index (χ1) is 10.7. The molecule has 4 heteroatoms. The summed E-state index contributed by atoms with van der Waals surface area (Å²) in [5.74, 6) is 0.565. The second kappa shape index (κ2) is 6.02. The molecule has 1 amide bonds. The van der Waals surface area contributed by atoms with E-state index in [1.807, 2.05) is 66.9 Å². The van der Waals surface area contributed by atoms with Crippen LogP contribution in [-0.2, 0) is 17.8 Å². The number of aromatic nitrogens is 2. The number of aryl methyl sites for hydroxylation is 2. The number of anilines is 1. The predicted octanol–water partition coefficient (Wildman–Crippen LogP) is 3.55. The lowest BCUT2D eigenvalue weighted by Gasteiger charge is -2.08. The number of carbonyl (C=O) groups is 1. The van der Waals surface area contributed by atoms with Crippen molar-refractivity contribution in [3.05, 3.63) is 59.7 Å². The van der Waals surface area contributed by atoms with E-state index in [4.69, 9.17) is 0 Å². The van der Waals surface area contributed by atoms with Crippen LogP contribution in [0.2, 0.25) is 0 Å². The molecular formula is C18H19N3O. The Labute approximate surface area is 129 Å². The molecule has 1 N–H and O–H groups in total. The van der Waals surface area contributed by atoms with Gasteiger partial charge in [0.15, 0.2) is 0 Å². The number of hydrogen-bond donors (Lipinski definition) is 1. The van der Waals surface area contributed by atoms with Crippen LogP contribution in [0, 0.1) is 6.92 Å². The summed E-state index contributed by atoms with van der Waals surface area (Å²) in [7, 11) is 0. The van der Waals surface area contributed by atoms with Crippen molar-refractivity contribution in [2.24, 2.45) is 0 Å². The van der Waals surface area contributed by atoms with Gasteiger partial charge in [-0.2, -0.15) is 0 Å². The van der Waals surface area contributed by atoms with E-state index in [9.17, 15) is 4.79 Å². The maximum atomic E-state index is 12.2. The fraction of sp³-hybridized carbons (Fsp3) is 0.222. The second-order valence-corrected chi connectivity index (χ2v) is 5.38. The maximum absolute atomic E-state index is 12.2. The molecular weight excluding hydrogens is 274 g/mol. The molecule has 0 aliphatic rings. The monoisotopic (exact) mass is 293 g/mol. The fourth-order valence-electron chi connectivity index (χ4n) is 2.55. The van der Waals surface area contributed by atoms with E-state index in [2.05, 4.69) is 10.3 Å². The SMILES string of the molecule is CCn1c(NC(=O)Cc2ccc(C)cc2)nc2ccccc21. The summed E-state index contributed by atoms with van der Waals surface area (Å²) in [5.41, 5.74) is 4.13. The van der Waals surface area contributed by atoms with Gasteiger partial charge in [0, 0.05) is 6.54 Å². The van der Waals surface area contributed by atoms with Crippen molar-refractivity contribution in [3.8, 4) is 0 Å². The van der Waals surface area contributed by atoms with Gasteiger partial charge in [0.05, 0.1) is 17.5 Å². The molecule has 1 aromatic heterocycles. The third kappa shape index (κ3) is 2.86. The number of para-hydroxylation sites is 2. The van der Waals surface area contributed by atoms with Crippen molar-refractivity contribution >= 4 is 22.9 Å². The summed E-state index contributed by atoms with van der Waals surface area (Å²) in [6.07, 6.45) is 0.354. The number of nitrogens with one attached hydrogen (secondary N) is 1. The molecule has 0 fully saturated rings. The highest BCUT2D eigenvalue weighted by atomic mass is 16.1. The van der Waals surface area contributed by atoms with E-state index in [-0.39, 0.29) is 5.91 Å². The molecule has 0 saturated heterocycles. The smallest absolute Gasteiger partial charge is 0.231 e. The minimum atomic E-state index is -0.0474. The van der Waals surface area contributed by atoms with Gasteiger partial charge in [-0.1, -0.05) is 42.0 Å². The molecule has 0 aliphatic heterocycles. The van der Waals surface area contributed by atoms with Crippen molar-refractivity contribution in [3.63, 3.8) is 0 Å². The van der Waals surface area contributed by atoms with Crippen LogP contribution in [0.15, 0.2) is 48.5 Å². The lowest BCUT2D eigenvalue weighted by atomic mass is 10.1. The van der Waals surface area contributed by atoms with Crippen LogP contribution in [0.5, 0.6) is 0 Å². The van der Waals surface area contributed by atoms with Crippen molar-refractivity contribution in [2.45, 2.75) is 26.8 Å². The molecule has 0 aliphatic carbocycles. The molecule has 4 nitrogen and oxygen atoms in total. The molecule has 3 aromatic rings. The Morgan fingerprint density at radius 3 is 2.59 bits per heavy atom. The Bertz CT molecular complexity index is 803. The first kappa shape index (κ1) is 14.3. The summed E-state index contributed by atoms with van der Waals surface area (Å²) in [6, 6.07) is 15.9. The number of benzene rings is 2. The van der Waals surface area contributed by atoms with Crippen LogP contribution >= 0.6 is 0 Å². The van der Waals surface area contributed by atoms with E-state index >= 15 is 0 Å². The van der Waals surface area contributed by atoms with Gasteiger partial charge in [-0.3, -0.25) is 10.1 Å². The number of fused-ring (bicyclic) bond motifs is 1. The van der Waals surface area contributed by atoms with E-state index in [0.717, 1.165) is 23.1 Å². The number of hydrogen-bond acceptors (Lipinski definition) is 2. The highest BCUT2D eigenvalue weighted by Crippen LogP contribution is 2.19. The van der Waals surface area contributed by atoms with Crippen LogP contribution in [-0.4, -0.2) is 15.5 Å². The maximum Gasteiger partial charge on any atom is 0.231 e. The Morgan fingerprint density at radius 1 is 1.14 bits per heavy atom. The Kier molecular flexibility index (Phi) is 3.92. The quantitative estimate of drug-likeness (QED) is 0.799. The van der Waals surface area contributed by atoms with Gasteiger partial charge >= 0.3 is 0 Å². The molecule has 22 heavy (non-hydrogen) atoms. The van der Waals surface area contributed by atoms with Gasteiger partial charge in [-0.05, 0) is 31.5 Å². The molecule has 1 heterocycles. The summed E-state index contributed by atoms with van der Waals surface area (Å²) < 4.78 is 2.02. The van der Waals surface area contributed by atoms with Crippen molar-refractivity contribution in [1.29, 1.82) is 0 Å². The number of carbonyl (C=O) groups excluding carboxylic acids is 1. The predicted molar refractivity (Wildman–Crippen MR) is 88.9 cm³/mol. The van der Waals surface area contributed by atoms with Gasteiger partial charge < -0.3 is 4.57 Å². The Morgan fingerprint density at radius 2 is 1.86 bits per heavy atom. The number of imidazole rings is 1. The summed E-state index contributed by atoms with van der Waals surface area (Å²) >= 11 is 0. The summed E-state index contributed by atoms with van der Waals surface area (Å²) in [5, 5.41) is 2.93. The average molecular weight is 293 g/mol. The molecule has 0 saturated carbocycles. The van der Waals surface area contributed by atoms with Crippen molar-refractivity contribution in [2.75, 3.05) is 5.32 Å². The zero-order valence-electron chi connectivity index (χ0n) is 12.8. The molecule has 0 spiro atoms. The van der Waals surface area contributed by atoms with E-state index < -0.39 is 0 Å². The Balaban J connectivity index is 1.80. The first-order valence-corrected chi connectivity index (χ1v) is 7.48. The van der Waals surface area contributed by atoms with Crippen LogP contribution in [0.3, 0.4) is 0 Å². The van der Waals surface area contributed by atoms with Gasteiger partial charge in [-0.15, -0.1) is 0 Å². The second-order valence-electron chi connectivity index (χ2n) is 5.38. The lowest BCUT2D eigenvalue weighted by Crippen LogP contribution is -2.17. The lowest BCUT2D eigenvalue weighted by molar-refractivity contribution is -0.115. The highest BCUT2D eigenvalue weighted by molar-refractivity contribution is 5.92. The first-order valence-electron chi connectivity index (χ1n) is 7.48. The standard InChI is InChI=1S/C18H19N3O/c1-3-21-16-7-5-4-6-15(16)19-18(21)20-17(22)12-14-10-8-13(2)9-11-14/h4-11H,3,12H2,1-2H3,(H,19,20,22). The summed E-state index contributed by atoms with van der Waals surface area (Å²) in [4.78, 5) is 16.8. The number of rotatable bonds is 4. The molecule has 3 rings (SSSR count). The zero-order chi connectivity index (χ0) is 15.5. The van der Waals surface area contributed by atoms with Crippen molar-refractivity contribution < 1.29 is 4.79 Å². The third-order valence-corrected chi connectivity index (χ3v) is 3.71. The molecule has 2 aromatic carbocycles. The number of amides is 1. The largest absolute Gasteiger partial charge is 0.310 e. The zero-order valence-corrected chi connectivity index (χ0v) is 12.8. The Hall–Kier alpha value is -2.62. The van der Waals surface area contributed by atoms with Gasteiger partial charge in [0.1, 0.15) is 0 Å². The number of nitrogens with zero attached hydrogens (tertiary/aromatic N) is 2. The summed E-state index contributed by atoms with van der Waals surface area (Å²) in [6.45, 7) is 4.85. The van der Waals surface area contributed by atoms with Crippen molar-refractivity contribution in [1.82, 2.24) is 9.55 Å². The van der Waals surface area contributed by atoms with Crippen LogP contribution < -0.4 is 5.32 Å². The van der Waals surface area contributed by atoms with Gasteiger partial charge in [0.2, 0.25) is 11.9 Å². The molecule has 0 atom stereocenters. The molecule has 112 valence electrons. The van der Waals surface area contributed by atoms with Crippen LogP contribution in [0.1, 0.15) is 18.1 Å².